The molecule has 1 aliphatic carbocycles. The van der Waals surface area contributed by atoms with Crippen molar-refractivity contribution in [1.29, 1.82) is 0 Å². The normalized spacial score (nSPS) is 16.2. The van der Waals surface area contributed by atoms with Crippen LogP contribution in [0.25, 0.3) is 0 Å². The Morgan fingerprint density at radius 3 is 2.96 bits per heavy atom. The number of aromatic nitrogens is 3. The third kappa shape index (κ3) is 3.64. The molecule has 1 amide bonds. The van der Waals surface area contributed by atoms with Gasteiger partial charge < -0.3 is 9.88 Å². The van der Waals surface area contributed by atoms with Gasteiger partial charge in [-0.2, -0.15) is 0 Å². The third-order valence-electron chi connectivity index (χ3n) is 3.59. The van der Waals surface area contributed by atoms with Gasteiger partial charge in [0, 0.05) is 25.9 Å². The lowest BCUT2D eigenvalue weighted by Gasteiger charge is -2.26. The Balaban J connectivity index is 1.64. The number of nitrogens with one attached hydrogen (secondary N) is 1. The molecule has 6 nitrogen and oxygen atoms in total. The van der Waals surface area contributed by atoms with E-state index in [9.17, 15) is 9.59 Å². The Morgan fingerprint density at radius 2 is 2.26 bits per heavy atom. The van der Waals surface area contributed by atoms with Crippen molar-refractivity contribution in [2.45, 2.75) is 31.8 Å². The average molecular weight is 350 g/mol. The molecule has 0 radical (unpaired) electrons. The number of ketones is 1. The number of imidazole rings is 1. The number of nitrogens with zero attached hydrogens (tertiary/aromatic N) is 3. The third-order valence-corrected chi connectivity index (χ3v) is 5.70. The summed E-state index contributed by atoms with van der Waals surface area (Å²) >= 11 is 2.64. The van der Waals surface area contributed by atoms with Crippen LogP contribution in [0.3, 0.4) is 0 Å². The Hall–Kier alpha value is -1.67. The van der Waals surface area contributed by atoms with Crippen LogP contribution in [0.5, 0.6) is 0 Å². The summed E-state index contributed by atoms with van der Waals surface area (Å²) < 4.78 is 1.86. The summed E-state index contributed by atoms with van der Waals surface area (Å²) in [5.41, 5.74) is 0.747. The maximum atomic E-state index is 12.2. The molecule has 122 valence electrons. The summed E-state index contributed by atoms with van der Waals surface area (Å²) in [5, 5.41) is 4.08. The van der Waals surface area contributed by atoms with E-state index in [1.165, 1.54) is 23.1 Å². The fraction of sp³-hybridized carbons (Fsp3) is 0.467. The first-order valence-electron chi connectivity index (χ1n) is 7.27. The van der Waals surface area contributed by atoms with Gasteiger partial charge >= 0.3 is 0 Å². The number of rotatable bonds is 4. The van der Waals surface area contributed by atoms with Gasteiger partial charge in [0.1, 0.15) is 0 Å². The number of Topliss-reactive ketones (excluding diaryl/α,β-unsaturated/α-hetero) is 1. The van der Waals surface area contributed by atoms with Gasteiger partial charge in [0.2, 0.25) is 5.91 Å². The predicted octanol–water partition coefficient (Wildman–Crippen LogP) is 2.76. The molecule has 2 heterocycles. The quantitative estimate of drug-likeness (QED) is 0.858. The summed E-state index contributed by atoms with van der Waals surface area (Å²) in [5.74, 6) is 0.238. The van der Waals surface area contributed by atoms with Crippen molar-refractivity contribution in [3.8, 4) is 0 Å². The minimum absolute atomic E-state index is 0.0620. The van der Waals surface area contributed by atoms with Crippen LogP contribution in [-0.2, 0) is 18.3 Å². The lowest BCUT2D eigenvalue weighted by molar-refractivity contribution is -0.113. The second-order valence-corrected chi connectivity index (χ2v) is 8.33. The molecule has 0 aliphatic heterocycles. The van der Waals surface area contributed by atoms with Crippen LogP contribution in [0.4, 0.5) is 5.13 Å². The molecule has 0 spiro atoms. The van der Waals surface area contributed by atoms with Gasteiger partial charge in [-0.25, -0.2) is 9.97 Å². The minimum atomic E-state index is -0.143. The number of hydrogen-bond donors (Lipinski definition) is 1. The second-order valence-electron chi connectivity index (χ2n) is 6.39. The minimum Gasteiger partial charge on any atom is -0.329 e. The monoisotopic (exact) mass is 350 g/mol. The second kappa shape index (κ2) is 6.09. The van der Waals surface area contributed by atoms with E-state index in [4.69, 9.17) is 0 Å². The van der Waals surface area contributed by atoms with Gasteiger partial charge in [-0.05, 0) is 11.8 Å². The Labute approximate surface area is 142 Å². The zero-order valence-corrected chi connectivity index (χ0v) is 14.9. The van der Waals surface area contributed by atoms with E-state index in [-0.39, 0.29) is 22.9 Å². The predicted molar refractivity (Wildman–Crippen MR) is 91.1 cm³/mol. The van der Waals surface area contributed by atoms with Gasteiger partial charge in [0.05, 0.1) is 16.3 Å². The zero-order valence-electron chi connectivity index (χ0n) is 13.3. The van der Waals surface area contributed by atoms with E-state index < -0.39 is 0 Å². The smallest absolute Gasteiger partial charge is 0.236 e. The number of carbonyl (C=O) groups excluding carboxylic acids is 2. The molecule has 23 heavy (non-hydrogen) atoms. The van der Waals surface area contributed by atoms with Gasteiger partial charge in [-0.3, -0.25) is 9.59 Å². The zero-order chi connectivity index (χ0) is 16.6. The SMILES string of the molecule is Cn1ccnc1SCC(=O)Nc1nc2c(s1)C(=O)CC(C)(C)C2. The van der Waals surface area contributed by atoms with Crippen molar-refractivity contribution in [3.63, 3.8) is 0 Å². The molecule has 0 saturated carbocycles. The van der Waals surface area contributed by atoms with Crippen molar-refractivity contribution >= 4 is 39.9 Å². The molecule has 0 atom stereocenters. The number of thioether (sulfide) groups is 1. The average Bonchev–Trinajstić information content (AvgIpc) is 3.01. The highest BCUT2D eigenvalue weighted by Crippen LogP contribution is 2.38. The van der Waals surface area contributed by atoms with Crippen LogP contribution >= 0.6 is 23.1 Å². The summed E-state index contributed by atoms with van der Waals surface area (Å²) in [7, 11) is 1.88. The van der Waals surface area contributed by atoms with E-state index in [0.717, 1.165) is 17.3 Å². The van der Waals surface area contributed by atoms with Gasteiger partial charge in [0.25, 0.3) is 0 Å². The summed E-state index contributed by atoms with van der Waals surface area (Å²) in [4.78, 5) is 33.5. The number of amides is 1. The molecule has 2 aromatic rings. The topological polar surface area (TPSA) is 76.9 Å². The number of carbonyl (C=O) groups is 2. The van der Waals surface area contributed by atoms with Crippen molar-refractivity contribution in [2.24, 2.45) is 12.5 Å². The van der Waals surface area contributed by atoms with Crippen molar-refractivity contribution in [3.05, 3.63) is 23.0 Å². The molecule has 3 rings (SSSR count). The number of hydrogen-bond acceptors (Lipinski definition) is 6. The highest BCUT2D eigenvalue weighted by Gasteiger charge is 2.34. The number of anilines is 1. The van der Waals surface area contributed by atoms with Crippen LogP contribution in [-0.4, -0.2) is 32.0 Å². The largest absolute Gasteiger partial charge is 0.329 e. The molecule has 0 bridgehead atoms. The highest BCUT2D eigenvalue weighted by atomic mass is 32.2. The van der Waals surface area contributed by atoms with Crippen molar-refractivity contribution in [1.82, 2.24) is 14.5 Å². The van der Waals surface area contributed by atoms with Crippen LogP contribution in [0, 0.1) is 5.41 Å². The first-order chi connectivity index (χ1) is 10.8. The Kier molecular flexibility index (Phi) is 4.29. The summed E-state index contributed by atoms with van der Waals surface area (Å²) in [6, 6.07) is 0. The molecule has 8 heteroatoms. The number of fused-ring (bicyclic) bond motifs is 1. The first kappa shape index (κ1) is 16.2. The number of aryl methyl sites for hydroxylation is 1. The van der Waals surface area contributed by atoms with Crippen LogP contribution in [0.1, 0.15) is 35.6 Å². The number of thiazole rings is 1. The fourth-order valence-electron chi connectivity index (χ4n) is 2.55. The standard InChI is InChI=1S/C15H18N4O2S2/c1-15(2)6-9-12(10(20)7-15)23-13(17-9)18-11(21)8-22-14-16-4-5-19(14)3/h4-5H,6-8H2,1-3H3,(H,17,18,21). The van der Waals surface area contributed by atoms with Gasteiger partial charge in [-0.15, -0.1) is 0 Å². The van der Waals surface area contributed by atoms with Crippen LogP contribution in [0.2, 0.25) is 0 Å². The summed E-state index contributed by atoms with van der Waals surface area (Å²) in [6.07, 6.45) is 4.83. The van der Waals surface area contributed by atoms with Crippen molar-refractivity contribution < 1.29 is 9.59 Å². The molecule has 0 unspecified atom stereocenters. The maximum Gasteiger partial charge on any atom is 0.236 e. The van der Waals surface area contributed by atoms with E-state index in [2.05, 4.69) is 29.1 Å². The maximum absolute atomic E-state index is 12.2. The fourth-order valence-corrected chi connectivity index (χ4v) is 4.22. The van der Waals surface area contributed by atoms with E-state index in [0.29, 0.717) is 16.4 Å². The Bertz CT molecular complexity index is 763. The van der Waals surface area contributed by atoms with E-state index >= 15 is 0 Å². The molecule has 0 fully saturated rings. The van der Waals surface area contributed by atoms with Crippen LogP contribution in [0.15, 0.2) is 17.6 Å². The van der Waals surface area contributed by atoms with Gasteiger partial charge in [0.15, 0.2) is 16.1 Å². The lowest BCUT2D eigenvalue weighted by Crippen LogP contribution is -2.26. The Morgan fingerprint density at radius 1 is 1.48 bits per heavy atom. The molecular weight excluding hydrogens is 332 g/mol. The molecule has 2 aromatic heterocycles. The molecule has 0 saturated heterocycles. The lowest BCUT2D eigenvalue weighted by atomic mass is 9.78. The molecule has 1 N–H and O–H groups in total. The van der Waals surface area contributed by atoms with E-state index in [1.54, 1.807) is 6.20 Å². The summed E-state index contributed by atoms with van der Waals surface area (Å²) in [6.45, 7) is 4.13. The van der Waals surface area contributed by atoms with Crippen LogP contribution < -0.4 is 5.32 Å². The van der Waals surface area contributed by atoms with Gasteiger partial charge in [-0.1, -0.05) is 36.9 Å². The molecular formula is C15H18N4O2S2. The molecule has 0 aromatic carbocycles. The van der Waals surface area contributed by atoms with Crippen molar-refractivity contribution in [2.75, 3.05) is 11.1 Å². The first-order valence-corrected chi connectivity index (χ1v) is 9.07. The molecule has 1 aliphatic rings. The highest BCUT2D eigenvalue weighted by molar-refractivity contribution is 7.99. The van der Waals surface area contributed by atoms with E-state index in [1.807, 2.05) is 17.8 Å².